The maximum absolute atomic E-state index is 5.46. The second-order valence-electron chi connectivity index (χ2n) is 2.08. The molecule has 0 radical (unpaired) electrons. The number of hydrogen-bond donors (Lipinski definition) is 1. The lowest BCUT2D eigenvalue weighted by Crippen LogP contribution is -1.89. The number of aliphatic imine (C=N–C) groups is 1. The first-order chi connectivity index (χ1) is 4.74. The van der Waals surface area contributed by atoms with E-state index >= 15 is 0 Å². The van der Waals surface area contributed by atoms with Crippen LogP contribution in [-0.2, 0) is 0 Å². The van der Waals surface area contributed by atoms with Crippen LogP contribution in [0.15, 0.2) is 17.3 Å². The standard InChI is InChI=1S/C7H9N3/c1-5-3-6(9-2)7(8)10-4-5/h3-4H,2H2,1H3,(H2,8,10). The highest BCUT2D eigenvalue weighted by atomic mass is 14.9. The average Bonchev–Trinajstić information content (AvgIpc) is 1.94. The molecule has 1 aromatic rings. The summed E-state index contributed by atoms with van der Waals surface area (Å²) in [4.78, 5) is 7.59. The number of rotatable bonds is 1. The third kappa shape index (κ3) is 1.13. The Bertz CT molecular complexity index is 255. The summed E-state index contributed by atoms with van der Waals surface area (Å²) in [6, 6.07) is 1.84. The molecule has 1 rings (SSSR count). The summed E-state index contributed by atoms with van der Waals surface area (Å²) in [5.74, 6) is 0.431. The van der Waals surface area contributed by atoms with Crippen LogP contribution in [0.2, 0.25) is 0 Å². The Morgan fingerprint density at radius 3 is 2.90 bits per heavy atom. The van der Waals surface area contributed by atoms with Crippen LogP contribution in [0.5, 0.6) is 0 Å². The summed E-state index contributed by atoms with van der Waals surface area (Å²) in [7, 11) is 0. The van der Waals surface area contributed by atoms with E-state index in [1.165, 1.54) is 0 Å². The molecule has 0 fully saturated rings. The number of aromatic nitrogens is 1. The third-order valence-corrected chi connectivity index (χ3v) is 1.20. The molecule has 0 aliphatic carbocycles. The molecule has 10 heavy (non-hydrogen) atoms. The number of anilines is 1. The van der Waals surface area contributed by atoms with Gasteiger partial charge in [0, 0.05) is 6.20 Å². The fraction of sp³-hybridized carbons (Fsp3) is 0.143. The van der Waals surface area contributed by atoms with Gasteiger partial charge in [0.2, 0.25) is 0 Å². The van der Waals surface area contributed by atoms with Crippen molar-refractivity contribution in [3.8, 4) is 0 Å². The molecule has 1 aromatic heterocycles. The van der Waals surface area contributed by atoms with E-state index in [4.69, 9.17) is 5.73 Å². The van der Waals surface area contributed by atoms with Crippen molar-refractivity contribution < 1.29 is 0 Å². The highest BCUT2D eigenvalue weighted by Crippen LogP contribution is 2.18. The predicted octanol–water partition coefficient (Wildman–Crippen LogP) is 1.30. The summed E-state index contributed by atoms with van der Waals surface area (Å²) in [6.45, 7) is 5.29. The summed E-state index contributed by atoms with van der Waals surface area (Å²) in [5, 5.41) is 0. The van der Waals surface area contributed by atoms with Crippen molar-refractivity contribution in [3.05, 3.63) is 17.8 Å². The number of nitrogens with zero attached hydrogens (tertiary/aromatic N) is 2. The molecular formula is C7H9N3. The minimum Gasteiger partial charge on any atom is -0.382 e. The Balaban J connectivity index is 3.21. The zero-order chi connectivity index (χ0) is 7.56. The van der Waals surface area contributed by atoms with Crippen LogP contribution in [0.1, 0.15) is 5.56 Å². The zero-order valence-electron chi connectivity index (χ0n) is 5.83. The van der Waals surface area contributed by atoms with Gasteiger partial charge in [0.1, 0.15) is 11.5 Å². The SMILES string of the molecule is C=Nc1cc(C)cnc1N. The van der Waals surface area contributed by atoms with Gasteiger partial charge in [0.15, 0.2) is 0 Å². The molecule has 0 unspecified atom stereocenters. The van der Waals surface area contributed by atoms with Crippen LogP contribution in [0, 0.1) is 6.92 Å². The third-order valence-electron chi connectivity index (χ3n) is 1.20. The molecule has 1 heterocycles. The first kappa shape index (κ1) is 6.74. The molecule has 0 saturated heterocycles. The molecule has 0 amide bonds. The van der Waals surface area contributed by atoms with Gasteiger partial charge < -0.3 is 5.73 Å². The van der Waals surface area contributed by atoms with Crippen LogP contribution >= 0.6 is 0 Å². The number of pyridine rings is 1. The Morgan fingerprint density at radius 2 is 2.40 bits per heavy atom. The number of nitrogens with two attached hydrogens (primary N) is 1. The van der Waals surface area contributed by atoms with E-state index in [1.807, 2.05) is 13.0 Å². The lowest BCUT2D eigenvalue weighted by molar-refractivity contribution is 1.26. The van der Waals surface area contributed by atoms with Crippen LogP contribution in [0.4, 0.5) is 11.5 Å². The molecule has 0 aliphatic rings. The summed E-state index contributed by atoms with van der Waals surface area (Å²) in [5.41, 5.74) is 7.15. The topological polar surface area (TPSA) is 51.3 Å². The predicted molar refractivity (Wildman–Crippen MR) is 42.6 cm³/mol. The van der Waals surface area contributed by atoms with Gasteiger partial charge in [-0.25, -0.2) is 4.98 Å². The number of hydrogen-bond acceptors (Lipinski definition) is 3. The van der Waals surface area contributed by atoms with Crippen LogP contribution in [0.3, 0.4) is 0 Å². The quantitative estimate of drug-likeness (QED) is 0.590. The molecule has 52 valence electrons. The van der Waals surface area contributed by atoms with Gasteiger partial charge in [-0.3, -0.25) is 4.99 Å². The lowest BCUT2D eigenvalue weighted by Gasteiger charge is -1.97. The van der Waals surface area contributed by atoms with Gasteiger partial charge in [-0.05, 0) is 25.3 Å². The van der Waals surface area contributed by atoms with Crippen LogP contribution in [0.25, 0.3) is 0 Å². The fourth-order valence-corrected chi connectivity index (χ4v) is 0.691. The van der Waals surface area contributed by atoms with Crippen molar-refractivity contribution in [1.82, 2.24) is 4.98 Å². The molecule has 0 aliphatic heterocycles. The van der Waals surface area contributed by atoms with Gasteiger partial charge in [0.25, 0.3) is 0 Å². The average molecular weight is 135 g/mol. The first-order valence-corrected chi connectivity index (χ1v) is 2.93. The minimum absolute atomic E-state index is 0.431. The summed E-state index contributed by atoms with van der Waals surface area (Å²) >= 11 is 0. The highest BCUT2D eigenvalue weighted by Gasteiger charge is 1.95. The minimum atomic E-state index is 0.431. The molecule has 0 bridgehead atoms. The van der Waals surface area contributed by atoms with E-state index in [2.05, 4.69) is 16.7 Å². The summed E-state index contributed by atoms with van der Waals surface area (Å²) in [6.07, 6.45) is 1.70. The Kier molecular flexibility index (Phi) is 1.67. The maximum Gasteiger partial charge on any atom is 0.149 e. The van der Waals surface area contributed by atoms with E-state index in [-0.39, 0.29) is 0 Å². The smallest absolute Gasteiger partial charge is 0.149 e. The Morgan fingerprint density at radius 1 is 1.70 bits per heavy atom. The van der Waals surface area contributed by atoms with E-state index < -0.39 is 0 Å². The molecule has 0 saturated carbocycles. The van der Waals surface area contributed by atoms with Crippen molar-refractivity contribution in [2.75, 3.05) is 5.73 Å². The number of nitrogen functional groups attached to an aromatic ring is 1. The van der Waals surface area contributed by atoms with E-state index in [9.17, 15) is 0 Å². The summed E-state index contributed by atoms with van der Waals surface area (Å²) < 4.78 is 0. The Hall–Kier alpha value is -1.38. The van der Waals surface area contributed by atoms with Crippen LogP contribution < -0.4 is 5.73 Å². The monoisotopic (exact) mass is 135 g/mol. The van der Waals surface area contributed by atoms with Gasteiger partial charge in [-0.2, -0.15) is 0 Å². The largest absolute Gasteiger partial charge is 0.382 e. The zero-order valence-corrected chi connectivity index (χ0v) is 5.83. The second kappa shape index (κ2) is 2.47. The molecule has 0 atom stereocenters. The van der Waals surface area contributed by atoms with E-state index in [0.29, 0.717) is 11.5 Å². The van der Waals surface area contributed by atoms with E-state index in [0.717, 1.165) is 5.56 Å². The first-order valence-electron chi connectivity index (χ1n) is 2.93. The molecule has 3 heteroatoms. The maximum atomic E-state index is 5.46. The fourth-order valence-electron chi connectivity index (χ4n) is 0.691. The van der Waals surface area contributed by atoms with E-state index in [1.54, 1.807) is 6.20 Å². The van der Waals surface area contributed by atoms with Crippen molar-refractivity contribution in [1.29, 1.82) is 0 Å². The molecular weight excluding hydrogens is 126 g/mol. The van der Waals surface area contributed by atoms with Crippen molar-refractivity contribution >= 4 is 18.2 Å². The van der Waals surface area contributed by atoms with Crippen molar-refractivity contribution in [2.45, 2.75) is 6.92 Å². The highest BCUT2D eigenvalue weighted by molar-refractivity contribution is 5.61. The second-order valence-corrected chi connectivity index (χ2v) is 2.08. The molecule has 0 aromatic carbocycles. The van der Waals surface area contributed by atoms with Crippen molar-refractivity contribution in [3.63, 3.8) is 0 Å². The van der Waals surface area contributed by atoms with Gasteiger partial charge in [-0.15, -0.1) is 0 Å². The van der Waals surface area contributed by atoms with Crippen molar-refractivity contribution in [2.24, 2.45) is 4.99 Å². The van der Waals surface area contributed by atoms with Gasteiger partial charge in [-0.1, -0.05) is 0 Å². The van der Waals surface area contributed by atoms with Gasteiger partial charge >= 0.3 is 0 Å². The molecule has 2 N–H and O–H groups in total. The van der Waals surface area contributed by atoms with Gasteiger partial charge in [0.05, 0.1) is 0 Å². The molecule has 0 spiro atoms. The Labute approximate surface area is 59.6 Å². The number of aryl methyl sites for hydroxylation is 1. The molecule has 3 nitrogen and oxygen atoms in total. The lowest BCUT2D eigenvalue weighted by atomic mass is 10.3. The normalized spacial score (nSPS) is 9.30. The van der Waals surface area contributed by atoms with Crippen LogP contribution in [-0.4, -0.2) is 11.7 Å².